The Morgan fingerprint density at radius 3 is 1.81 bits per heavy atom. The van der Waals surface area contributed by atoms with Gasteiger partial charge in [-0.2, -0.15) is 0 Å². The third kappa shape index (κ3) is 5.28. The van der Waals surface area contributed by atoms with Gasteiger partial charge in [0.15, 0.2) is 17.5 Å². The van der Waals surface area contributed by atoms with E-state index in [-0.39, 0.29) is 0 Å². The van der Waals surface area contributed by atoms with Crippen molar-refractivity contribution in [3.63, 3.8) is 0 Å². The fourth-order valence-corrected chi connectivity index (χ4v) is 6.45. The highest BCUT2D eigenvalue weighted by molar-refractivity contribution is 5.99. The van der Waals surface area contributed by atoms with E-state index in [0.29, 0.717) is 17.5 Å². The van der Waals surface area contributed by atoms with Crippen molar-refractivity contribution in [3.8, 4) is 56.4 Å². The Hall–Kier alpha value is -6.19. The molecule has 0 aliphatic carbocycles. The van der Waals surface area contributed by atoms with Gasteiger partial charge < -0.3 is 0 Å². The van der Waals surface area contributed by atoms with Crippen molar-refractivity contribution >= 4 is 27.6 Å². The summed E-state index contributed by atoms with van der Waals surface area (Å²) in [5.41, 5.74) is 9.78. The number of hydrogen-bond donors (Lipinski definition) is 0. The van der Waals surface area contributed by atoms with Gasteiger partial charge in [-0.1, -0.05) is 152 Å². The number of fused-ring (bicyclic) bond motifs is 2. The van der Waals surface area contributed by atoms with E-state index in [1.54, 1.807) is 0 Å². The predicted octanol–water partition coefficient (Wildman–Crippen LogP) is 11.5. The molecule has 0 radical (unpaired) electrons. The smallest absolute Gasteiger partial charge is 0.164 e. The maximum atomic E-state index is 5.13. The summed E-state index contributed by atoms with van der Waals surface area (Å²) in [5, 5.41) is 4.66. The molecule has 0 amide bonds. The zero-order valence-corrected chi connectivity index (χ0v) is 26.1. The second kappa shape index (κ2) is 12.0. The van der Waals surface area contributed by atoms with Crippen molar-refractivity contribution in [3.05, 3.63) is 169 Å². The maximum Gasteiger partial charge on any atom is 0.164 e. The minimum atomic E-state index is 0.632. The van der Waals surface area contributed by atoms with Gasteiger partial charge in [0.1, 0.15) is 0 Å². The minimum Gasteiger partial charge on any atom is -0.208 e. The summed E-state index contributed by atoms with van der Waals surface area (Å²) in [6, 6.07) is 52.8. The lowest BCUT2D eigenvalue weighted by Crippen LogP contribution is -2.01. The Morgan fingerprint density at radius 2 is 1.02 bits per heavy atom. The van der Waals surface area contributed by atoms with Crippen LogP contribution in [0, 0.1) is 6.92 Å². The first-order valence-electron chi connectivity index (χ1n) is 15.8. The van der Waals surface area contributed by atoms with Gasteiger partial charge in [0.05, 0.1) is 0 Å². The quantitative estimate of drug-likeness (QED) is 0.190. The molecule has 8 aromatic rings. The highest BCUT2D eigenvalue weighted by Gasteiger charge is 2.17. The first-order valence-corrected chi connectivity index (χ1v) is 15.8. The lowest BCUT2D eigenvalue weighted by atomic mass is 9.91. The molecule has 0 aliphatic heterocycles. The largest absolute Gasteiger partial charge is 0.208 e. The molecule has 3 nitrogen and oxygen atoms in total. The molecule has 1 aromatic heterocycles. The standard InChI is InChI=1S/C44H31N3/c1-3-36-39-25-24-35(28-34(39)23-26-40(36)37-18-10-7-13-29(37)2)43-45-42(31-15-5-4-6-16-31)46-44(47-43)41-20-12-11-19-38(41)33-22-21-30-14-8-9-17-32(30)27-33/h3-28H,1H2,2H3. The molecule has 222 valence electrons. The van der Waals surface area contributed by atoms with Gasteiger partial charge in [-0.3, -0.25) is 0 Å². The molecule has 0 saturated heterocycles. The van der Waals surface area contributed by atoms with Crippen LogP contribution in [-0.4, -0.2) is 15.0 Å². The lowest BCUT2D eigenvalue weighted by Gasteiger charge is -2.14. The second-order valence-corrected chi connectivity index (χ2v) is 11.8. The van der Waals surface area contributed by atoms with Crippen LogP contribution >= 0.6 is 0 Å². The van der Waals surface area contributed by atoms with Gasteiger partial charge >= 0.3 is 0 Å². The topological polar surface area (TPSA) is 38.7 Å². The average molecular weight is 602 g/mol. The number of hydrogen-bond acceptors (Lipinski definition) is 3. The van der Waals surface area contributed by atoms with Crippen LogP contribution in [0.15, 0.2) is 158 Å². The molecule has 0 unspecified atom stereocenters. The summed E-state index contributed by atoms with van der Waals surface area (Å²) < 4.78 is 0. The van der Waals surface area contributed by atoms with Crippen LogP contribution in [0.3, 0.4) is 0 Å². The summed E-state index contributed by atoms with van der Waals surface area (Å²) >= 11 is 0. The summed E-state index contributed by atoms with van der Waals surface area (Å²) in [7, 11) is 0. The molecule has 0 saturated carbocycles. The van der Waals surface area contributed by atoms with Crippen LogP contribution in [0.25, 0.3) is 84.0 Å². The van der Waals surface area contributed by atoms with E-state index < -0.39 is 0 Å². The van der Waals surface area contributed by atoms with E-state index in [2.05, 4.69) is 129 Å². The van der Waals surface area contributed by atoms with Crippen LogP contribution in [0.4, 0.5) is 0 Å². The Bertz CT molecular complexity index is 2440. The third-order valence-corrected chi connectivity index (χ3v) is 8.85. The van der Waals surface area contributed by atoms with Gasteiger partial charge in [-0.05, 0) is 74.0 Å². The molecule has 0 aliphatic rings. The van der Waals surface area contributed by atoms with Gasteiger partial charge in [0, 0.05) is 16.7 Å². The highest BCUT2D eigenvalue weighted by Crippen LogP contribution is 2.37. The third-order valence-electron chi connectivity index (χ3n) is 8.85. The summed E-state index contributed by atoms with van der Waals surface area (Å²) in [5.74, 6) is 1.91. The van der Waals surface area contributed by atoms with E-state index in [1.807, 2.05) is 42.5 Å². The number of aromatic nitrogens is 3. The molecule has 8 rings (SSSR count). The first-order chi connectivity index (χ1) is 23.2. The summed E-state index contributed by atoms with van der Waals surface area (Å²) in [6.07, 6.45) is 1.96. The normalized spacial score (nSPS) is 11.2. The molecule has 0 bridgehead atoms. The molecular weight excluding hydrogens is 571 g/mol. The zero-order chi connectivity index (χ0) is 31.7. The lowest BCUT2D eigenvalue weighted by molar-refractivity contribution is 1.07. The Kier molecular flexibility index (Phi) is 7.20. The first kappa shape index (κ1) is 28.3. The van der Waals surface area contributed by atoms with Crippen molar-refractivity contribution in [2.45, 2.75) is 6.92 Å². The van der Waals surface area contributed by atoms with Crippen molar-refractivity contribution in [2.24, 2.45) is 0 Å². The van der Waals surface area contributed by atoms with Crippen LogP contribution in [0.5, 0.6) is 0 Å². The van der Waals surface area contributed by atoms with E-state index in [0.717, 1.165) is 44.2 Å². The van der Waals surface area contributed by atoms with Gasteiger partial charge in [-0.15, -0.1) is 0 Å². The molecule has 0 spiro atoms. The average Bonchev–Trinajstić information content (AvgIpc) is 3.14. The van der Waals surface area contributed by atoms with Crippen LogP contribution in [0.1, 0.15) is 11.1 Å². The van der Waals surface area contributed by atoms with Crippen molar-refractivity contribution in [1.82, 2.24) is 15.0 Å². The van der Waals surface area contributed by atoms with Crippen molar-refractivity contribution in [2.75, 3.05) is 0 Å². The van der Waals surface area contributed by atoms with Gasteiger partial charge in [0.25, 0.3) is 0 Å². The Labute approximate surface area is 274 Å². The van der Waals surface area contributed by atoms with Crippen molar-refractivity contribution in [1.29, 1.82) is 0 Å². The highest BCUT2D eigenvalue weighted by atomic mass is 15.0. The van der Waals surface area contributed by atoms with Crippen LogP contribution in [0.2, 0.25) is 0 Å². The van der Waals surface area contributed by atoms with Gasteiger partial charge in [-0.25, -0.2) is 15.0 Å². The summed E-state index contributed by atoms with van der Waals surface area (Å²) in [4.78, 5) is 15.2. The molecule has 0 fully saturated rings. The minimum absolute atomic E-state index is 0.632. The van der Waals surface area contributed by atoms with Crippen LogP contribution < -0.4 is 0 Å². The van der Waals surface area contributed by atoms with E-state index >= 15 is 0 Å². The maximum absolute atomic E-state index is 5.13. The molecular formula is C44H31N3. The number of nitrogens with zero attached hydrogens (tertiary/aromatic N) is 3. The van der Waals surface area contributed by atoms with E-state index in [1.165, 1.54) is 27.5 Å². The number of benzene rings is 7. The molecule has 47 heavy (non-hydrogen) atoms. The zero-order valence-electron chi connectivity index (χ0n) is 26.1. The van der Waals surface area contributed by atoms with E-state index in [4.69, 9.17) is 15.0 Å². The van der Waals surface area contributed by atoms with Crippen molar-refractivity contribution < 1.29 is 0 Å². The number of aryl methyl sites for hydroxylation is 1. The van der Waals surface area contributed by atoms with Gasteiger partial charge in [0.2, 0.25) is 0 Å². The monoisotopic (exact) mass is 601 g/mol. The Morgan fingerprint density at radius 1 is 0.426 bits per heavy atom. The summed E-state index contributed by atoms with van der Waals surface area (Å²) in [6.45, 7) is 6.33. The molecule has 7 aromatic carbocycles. The fourth-order valence-electron chi connectivity index (χ4n) is 6.45. The molecule has 0 atom stereocenters. The predicted molar refractivity (Wildman–Crippen MR) is 197 cm³/mol. The Balaban J connectivity index is 1.29. The second-order valence-electron chi connectivity index (χ2n) is 11.8. The SMILES string of the molecule is C=Cc1c(-c2ccccc2C)ccc2cc(-c3nc(-c4ccccc4)nc(-c4ccccc4-c4ccc5ccccc5c4)n3)ccc12. The van der Waals surface area contributed by atoms with Crippen LogP contribution in [-0.2, 0) is 0 Å². The number of rotatable bonds is 6. The molecule has 0 N–H and O–H groups in total. The fraction of sp³-hybridized carbons (Fsp3) is 0.0227. The van der Waals surface area contributed by atoms with E-state index in [9.17, 15) is 0 Å². The molecule has 3 heteroatoms. The molecule has 1 heterocycles.